The predicted molar refractivity (Wildman–Crippen MR) is 135 cm³/mol. The number of benzene rings is 5. The first-order chi connectivity index (χ1) is 16.3. The lowest BCUT2D eigenvalue weighted by Crippen LogP contribution is -2.34. The highest BCUT2D eigenvalue weighted by molar-refractivity contribution is 5.94. The first kappa shape index (κ1) is 19.8. The second-order valence-electron chi connectivity index (χ2n) is 8.56. The van der Waals surface area contributed by atoms with E-state index in [4.69, 9.17) is 9.47 Å². The van der Waals surface area contributed by atoms with Crippen LogP contribution >= 0.6 is 0 Å². The molecule has 0 aliphatic carbocycles. The van der Waals surface area contributed by atoms with E-state index in [-0.39, 0.29) is 0 Å². The van der Waals surface area contributed by atoms with E-state index in [2.05, 4.69) is 109 Å². The van der Waals surface area contributed by atoms with Gasteiger partial charge in [-0.05, 0) is 57.5 Å². The van der Waals surface area contributed by atoms with Gasteiger partial charge >= 0.3 is 0 Å². The van der Waals surface area contributed by atoms with E-state index in [0.29, 0.717) is 6.61 Å². The fourth-order valence-electron chi connectivity index (χ4n) is 4.89. The van der Waals surface area contributed by atoms with Crippen molar-refractivity contribution in [1.82, 2.24) is 0 Å². The van der Waals surface area contributed by atoms with E-state index in [1.54, 1.807) is 7.11 Å². The van der Waals surface area contributed by atoms with Crippen LogP contribution in [0.1, 0.15) is 22.3 Å². The van der Waals surface area contributed by atoms with Gasteiger partial charge in [-0.1, -0.05) is 84.9 Å². The molecule has 2 heteroatoms. The molecule has 0 amide bonds. The van der Waals surface area contributed by atoms with E-state index in [9.17, 15) is 0 Å². The zero-order valence-corrected chi connectivity index (χ0v) is 18.5. The molecule has 1 heterocycles. The quantitative estimate of drug-likeness (QED) is 0.295. The highest BCUT2D eigenvalue weighted by atomic mass is 16.5. The van der Waals surface area contributed by atoms with Crippen LogP contribution in [0.25, 0.3) is 27.6 Å². The second kappa shape index (κ2) is 7.91. The van der Waals surface area contributed by atoms with E-state index in [1.165, 1.54) is 27.1 Å². The zero-order chi connectivity index (χ0) is 22.3. The Morgan fingerprint density at radius 1 is 0.697 bits per heavy atom. The van der Waals surface area contributed by atoms with Gasteiger partial charge in [-0.15, -0.1) is 0 Å². The Kier molecular flexibility index (Phi) is 4.74. The van der Waals surface area contributed by atoms with Gasteiger partial charge in [-0.3, -0.25) is 0 Å². The lowest BCUT2D eigenvalue weighted by molar-refractivity contribution is 0.161. The van der Waals surface area contributed by atoms with E-state index < -0.39 is 5.60 Å². The van der Waals surface area contributed by atoms with Gasteiger partial charge in [0.15, 0.2) is 5.60 Å². The first-order valence-electron chi connectivity index (χ1n) is 11.2. The number of fused-ring (bicyclic) bond motifs is 4. The number of hydrogen-bond acceptors (Lipinski definition) is 2. The molecular formula is C31H24O2. The molecule has 1 atom stereocenters. The van der Waals surface area contributed by atoms with Crippen molar-refractivity contribution < 1.29 is 9.47 Å². The van der Waals surface area contributed by atoms with Gasteiger partial charge in [-0.2, -0.15) is 0 Å². The second-order valence-corrected chi connectivity index (χ2v) is 8.56. The minimum absolute atomic E-state index is 0.610. The Bertz CT molecular complexity index is 1500. The molecule has 0 spiro atoms. The van der Waals surface area contributed by atoms with Crippen LogP contribution in [-0.4, -0.2) is 7.11 Å². The maximum Gasteiger partial charge on any atom is 0.178 e. The van der Waals surface area contributed by atoms with Crippen LogP contribution in [0, 0.1) is 0 Å². The van der Waals surface area contributed by atoms with Crippen molar-refractivity contribution in [3.05, 3.63) is 131 Å². The van der Waals surface area contributed by atoms with Crippen LogP contribution in [0.5, 0.6) is 5.75 Å². The third kappa shape index (κ3) is 3.31. The van der Waals surface area contributed by atoms with Crippen LogP contribution in [0.15, 0.2) is 109 Å². The van der Waals surface area contributed by atoms with Crippen molar-refractivity contribution in [3.63, 3.8) is 0 Å². The molecule has 0 fully saturated rings. The summed E-state index contributed by atoms with van der Waals surface area (Å²) in [6.07, 6.45) is 4.43. The number of rotatable bonds is 4. The Hall–Kier alpha value is -3.88. The van der Waals surface area contributed by atoms with Crippen molar-refractivity contribution >= 4 is 27.6 Å². The van der Waals surface area contributed by atoms with Crippen molar-refractivity contribution in [1.29, 1.82) is 0 Å². The topological polar surface area (TPSA) is 18.5 Å². The van der Waals surface area contributed by atoms with Crippen LogP contribution < -0.4 is 4.74 Å². The number of methoxy groups -OCH3 is 1. The minimum Gasteiger partial charge on any atom is -0.473 e. The third-order valence-corrected chi connectivity index (χ3v) is 6.53. The van der Waals surface area contributed by atoms with Gasteiger partial charge in [-0.25, -0.2) is 0 Å². The Balaban J connectivity index is 1.53. The maximum atomic E-state index is 6.91. The van der Waals surface area contributed by atoms with Crippen molar-refractivity contribution in [2.45, 2.75) is 12.2 Å². The molecule has 1 aliphatic rings. The molecule has 0 saturated heterocycles. The summed E-state index contributed by atoms with van der Waals surface area (Å²) in [6.45, 7) is 0.610. The summed E-state index contributed by atoms with van der Waals surface area (Å²) in [4.78, 5) is 0. The molecule has 0 saturated carbocycles. The fraction of sp³-hybridized carbons (Fsp3) is 0.0968. The van der Waals surface area contributed by atoms with Gasteiger partial charge in [0.25, 0.3) is 0 Å². The number of ether oxygens (including phenoxy) is 2. The molecule has 5 aromatic carbocycles. The van der Waals surface area contributed by atoms with Crippen LogP contribution in [-0.2, 0) is 16.9 Å². The van der Waals surface area contributed by atoms with E-state index in [0.717, 1.165) is 22.4 Å². The summed E-state index contributed by atoms with van der Waals surface area (Å²) in [5.41, 5.74) is 3.81. The molecule has 33 heavy (non-hydrogen) atoms. The van der Waals surface area contributed by atoms with Gasteiger partial charge < -0.3 is 9.47 Å². The summed E-state index contributed by atoms with van der Waals surface area (Å²) < 4.78 is 12.2. The lowest BCUT2D eigenvalue weighted by atomic mass is 9.82. The average Bonchev–Trinajstić information content (AvgIpc) is 2.88. The summed E-state index contributed by atoms with van der Waals surface area (Å²) in [5.74, 6) is 0.890. The standard InChI is InChI=1S/C31H24O2/c1-32-21-22-11-15-28-25(19-22)13-16-30-29(28)17-18-31(33-30,26-9-3-2-4-10-26)27-14-12-23-7-5-6-8-24(23)20-27/h2-20H,21H2,1H3. The predicted octanol–water partition coefficient (Wildman–Crippen LogP) is 7.49. The van der Waals surface area contributed by atoms with Crippen LogP contribution in [0.4, 0.5) is 0 Å². The Labute approximate surface area is 193 Å². The summed E-state index contributed by atoms with van der Waals surface area (Å²) >= 11 is 0. The Morgan fingerprint density at radius 2 is 1.48 bits per heavy atom. The van der Waals surface area contributed by atoms with Gasteiger partial charge in [0.05, 0.1) is 6.61 Å². The molecule has 0 N–H and O–H groups in total. The lowest BCUT2D eigenvalue weighted by Gasteiger charge is -2.36. The monoisotopic (exact) mass is 428 g/mol. The molecule has 5 aromatic rings. The molecule has 6 rings (SSSR count). The molecule has 1 aliphatic heterocycles. The molecule has 0 radical (unpaired) electrons. The van der Waals surface area contributed by atoms with Crippen molar-refractivity contribution in [2.24, 2.45) is 0 Å². The summed E-state index contributed by atoms with van der Waals surface area (Å²) in [5, 5.41) is 4.80. The Morgan fingerprint density at radius 3 is 2.33 bits per heavy atom. The van der Waals surface area contributed by atoms with Crippen LogP contribution in [0.2, 0.25) is 0 Å². The van der Waals surface area contributed by atoms with Crippen molar-refractivity contribution in [2.75, 3.05) is 7.11 Å². The summed E-state index contributed by atoms with van der Waals surface area (Å²) in [7, 11) is 1.73. The molecule has 2 nitrogen and oxygen atoms in total. The molecule has 0 bridgehead atoms. The first-order valence-corrected chi connectivity index (χ1v) is 11.2. The minimum atomic E-state index is -0.693. The molecule has 1 unspecified atom stereocenters. The summed E-state index contributed by atoms with van der Waals surface area (Å²) in [6, 6.07) is 36.3. The third-order valence-electron chi connectivity index (χ3n) is 6.53. The van der Waals surface area contributed by atoms with Gasteiger partial charge in [0.1, 0.15) is 5.75 Å². The maximum absolute atomic E-state index is 6.91. The van der Waals surface area contributed by atoms with Crippen LogP contribution in [0.3, 0.4) is 0 Å². The molecule has 160 valence electrons. The van der Waals surface area contributed by atoms with E-state index >= 15 is 0 Å². The van der Waals surface area contributed by atoms with Gasteiger partial charge in [0, 0.05) is 23.8 Å². The average molecular weight is 429 g/mol. The van der Waals surface area contributed by atoms with Crippen molar-refractivity contribution in [3.8, 4) is 5.75 Å². The van der Waals surface area contributed by atoms with E-state index in [1.807, 2.05) is 6.07 Å². The highest BCUT2D eigenvalue weighted by Crippen LogP contribution is 2.44. The smallest absolute Gasteiger partial charge is 0.178 e. The number of hydrogen-bond donors (Lipinski definition) is 0. The zero-order valence-electron chi connectivity index (χ0n) is 18.5. The largest absolute Gasteiger partial charge is 0.473 e. The molecule has 0 aromatic heterocycles. The molecular weight excluding hydrogens is 404 g/mol. The van der Waals surface area contributed by atoms with Gasteiger partial charge in [0.2, 0.25) is 0 Å². The fourth-order valence-corrected chi connectivity index (χ4v) is 4.89. The highest BCUT2D eigenvalue weighted by Gasteiger charge is 2.37. The SMILES string of the molecule is COCc1ccc2c3c(ccc2c1)OC(c1ccccc1)(c1ccc2ccccc2c1)C=C3. The normalized spacial score (nSPS) is 17.1.